The number of hydrogen-bond donors (Lipinski definition) is 0. The Morgan fingerprint density at radius 2 is 1.61 bits per heavy atom. The second-order valence-corrected chi connectivity index (χ2v) is 7.96. The summed E-state index contributed by atoms with van der Waals surface area (Å²) in [4.78, 5) is 27.1. The molecule has 3 aromatic rings. The number of methoxy groups -OCH3 is 1. The minimum absolute atomic E-state index is 0.0296. The molecule has 0 bridgehead atoms. The molecule has 0 spiro atoms. The molecule has 4 rings (SSSR count). The number of hydrogen-bond acceptors (Lipinski definition) is 4. The Kier molecular flexibility index (Phi) is 7.20. The van der Waals surface area contributed by atoms with Crippen LogP contribution in [-0.4, -0.2) is 25.2 Å². The predicted octanol–water partition coefficient (Wildman–Crippen LogP) is 5.26. The van der Waals surface area contributed by atoms with Gasteiger partial charge in [0.05, 0.1) is 13.0 Å². The highest BCUT2D eigenvalue weighted by molar-refractivity contribution is 6.03. The monoisotopic (exact) mass is 441 g/mol. The van der Waals surface area contributed by atoms with Crippen molar-refractivity contribution in [1.82, 2.24) is 0 Å². The number of β-lactam (4-membered cyclic amide) rings is 1. The number of carbonyl (C=O) groups is 2. The van der Waals surface area contributed by atoms with Gasteiger partial charge < -0.3 is 9.47 Å². The maximum absolute atomic E-state index is 13.0. The van der Waals surface area contributed by atoms with E-state index in [2.05, 4.69) is 12.1 Å². The average molecular weight is 442 g/mol. The van der Waals surface area contributed by atoms with E-state index in [1.807, 2.05) is 48.5 Å². The van der Waals surface area contributed by atoms with Crippen molar-refractivity contribution in [1.29, 1.82) is 0 Å². The second kappa shape index (κ2) is 10.6. The fourth-order valence-electron chi connectivity index (χ4n) is 4.00. The summed E-state index contributed by atoms with van der Waals surface area (Å²) in [6.07, 6.45) is 4.86. The summed E-state index contributed by atoms with van der Waals surface area (Å²) < 4.78 is 11.0. The molecular formula is C28H27NO4. The molecule has 33 heavy (non-hydrogen) atoms. The first kappa shape index (κ1) is 22.3. The summed E-state index contributed by atoms with van der Waals surface area (Å²) in [6, 6.07) is 26.9. The number of rotatable bonds is 9. The largest absolute Gasteiger partial charge is 0.497 e. The zero-order chi connectivity index (χ0) is 23.0. The Morgan fingerprint density at radius 3 is 2.27 bits per heavy atom. The Labute approximate surface area is 194 Å². The van der Waals surface area contributed by atoms with Crippen molar-refractivity contribution in [3.8, 4) is 5.75 Å². The standard InChI is InChI=1S/C28H27NO4/c1-32-24-18-16-23(17-19-24)29-27(31)25(14-8-13-21-9-4-2-5-10-21)28(29)33-26(30)20-15-22-11-6-3-7-12-22/h2-7,9-12,15-20,25,28H,8,13-14H2,1H3. The molecule has 3 aromatic carbocycles. The fourth-order valence-corrected chi connectivity index (χ4v) is 4.00. The summed E-state index contributed by atoms with van der Waals surface area (Å²) in [7, 11) is 1.59. The van der Waals surface area contributed by atoms with Gasteiger partial charge >= 0.3 is 5.97 Å². The van der Waals surface area contributed by atoms with E-state index in [1.165, 1.54) is 11.6 Å². The molecule has 5 nitrogen and oxygen atoms in total. The van der Waals surface area contributed by atoms with E-state index in [-0.39, 0.29) is 11.8 Å². The van der Waals surface area contributed by atoms with Crippen LogP contribution in [0.5, 0.6) is 5.75 Å². The van der Waals surface area contributed by atoms with Crippen LogP contribution in [0, 0.1) is 5.92 Å². The lowest BCUT2D eigenvalue weighted by Gasteiger charge is -2.45. The molecule has 0 aromatic heterocycles. The smallest absolute Gasteiger partial charge is 0.332 e. The van der Waals surface area contributed by atoms with Crippen LogP contribution in [0.15, 0.2) is 91.0 Å². The number of amides is 1. The van der Waals surface area contributed by atoms with Crippen LogP contribution in [0.25, 0.3) is 6.08 Å². The predicted molar refractivity (Wildman–Crippen MR) is 129 cm³/mol. The maximum atomic E-state index is 13.0. The summed E-state index contributed by atoms with van der Waals surface area (Å²) in [5.74, 6) is -0.156. The molecule has 1 amide bonds. The first-order valence-electron chi connectivity index (χ1n) is 11.1. The number of carbonyl (C=O) groups excluding carboxylic acids is 2. The Morgan fingerprint density at radius 1 is 0.939 bits per heavy atom. The molecular weight excluding hydrogens is 414 g/mol. The number of anilines is 1. The number of esters is 1. The molecule has 0 saturated carbocycles. The van der Waals surface area contributed by atoms with Gasteiger partial charge in [-0.15, -0.1) is 0 Å². The molecule has 0 aliphatic carbocycles. The fraction of sp³-hybridized carbons (Fsp3) is 0.214. The Balaban J connectivity index is 1.45. The maximum Gasteiger partial charge on any atom is 0.332 e. The molecule has 1 saturated heterocycles. The van der Waals surface area contributed by atoms with Crippen molar-refractivity contribution in [2.45, 2.75) is 25.5 Å². The van der Waals surface area contributed by atoms with E-state index in [4.69, 9.17) is 9.47 Å². The normalized spacial score (nSPS) is 17.6. The van der Waals surface area contributed by atoms with Gasteiger partial charge in [0.25, 0.3) is 0 Å². The SMILES string of the molecule is COc1ccc(N2C(=O)C(CCCc3ccccc3)C2OC(=O)C=Cc2ccccc2)cc1. The van der Waals surface area contributed by atoms with Crippen LogP contribution in [0.1, 0.15) is 24.0 Å². The minimum Gasteiger partial charge on any atom is -0.497 e. The van der Waals surface area contributed by atoms with Crippen molar-refractivity contribution in [3.05, 3.63) is 102 Å². The number of aryl methyl sites for hydroxylation is 1. The van der Waals surface area contributed by atoms with Crippen LogP contribution in [0.4, 0.5) is 5.69 Å². The van der Waals surface area contributed by atoms with Crippen molar-refractivity contribution < 1.29 is 19.1 Å². The third-order valence-corrected chi connectivity index (χ3v) is 5.78. The van der Waals surface area contributed by atoms with Crippen LogP contribution < -0.4 is 9.64 Å². The minimum atomic E-state index is -0.630. The molecule has 2 unspecified atom stereocenters. The lowest BCUT2D eigenvalue weighted by atomic mass is 9.88. The Bertz CT molecular complexity index is 1090. The van der Waals surface area contributed by atoms with Crippen molar-refractivity contribution in [2.24, 2.45) is 5.92 Å². The van der Waals surface area contributed by atoms with E-state index in [9.17, 15) is 9.59 Å². The molecule has 1 aliphatic heterocycles. The number of benzene rings is 3. The molecule has 1 fully saturated rings. The molecule has 1 aliphatic rings. The Hall–Kier alpha value is -3.86. The zero-order valence-corrected chi connectivity index (χ0v) is 18.6. The highest BCUT2D eigenvalue weighted by atomic mass is 16.6. The van der Waals surface area contributed by atoms with Crippen molar-refractivity contribution >= 4 is 23.6 Å². The summed E-state index contributed by atoms with van der Waals surface area (Å²) in [5, 5.41) is 0. The van der Waals surface area contributed by atoms with Crippen molar-refractivity contribution in [3.63, 3.8) is 0 Å². The lowest BCUT2D eigenvalue weighted by Crippen LogP contribution is -2.63. The van der Waals surface area contributed by atoms with Gasteiger partial charge in [0, 0.05) is 11.8 Å². The van der Waals surface area contributed by atoms with E-state index in [0.717, 1.165) is 18.4 Å². The first-order chi connectivity index (χ1) is 16.2. The molecule has 2 atom stereocenters. The third-order valence-electron chi connectivity index (χ3n) is 5.78. The molecule has 0 N–H and O–H groups in total. The zero-order valence-electron chi connectivity index (χ0n) is 18.6. The number of ether oxygens (including phenoxy) is 2. The van der Waals surface area contributed by atoms with Crippen molar-refractivity contribution in [2.75, 3.05) is 12.0 Å². The third kappa shape index (κ3) is 5.50. The molecule has 0 radical (unpaired) electrons. The van der Waals surface area contributed by atoms with Gasteiger partial charge in [-0.1, -0.05) is 60.7 Å². The quantitative estimate of drug-likeness (QED) is 0.258. The van der Waals surface area contributed by atoms with Crippen LogP contribution in [0.3, 0.4) is 0 Å². The summed E-state index contributed by atoms with van der Waals surface area (Å²) >= 11 is 0. The van der Waals surface area contributed by atoms with Gasteiger partial charge in [-0.25, -0.2) is 4.79 Å². The first-order valence-corrected chi connectivity index (χ1v) is 11.1. The van der Waals surface area contributed by atoms with Gasteiger partial charge in [-0.3, -0.25) is 9.69 Å². The van der Waals surface area contributed by atoms with E-state index >= 15 is 0 Å². The van der Waals surface area contributed by atoms with Gasteiger partial charge in [-0.2, -0.15) is 0 Å². The average Bonchev–Trinajstić information content (AvgIpc) is 2.87. The van der Waals surface area contributed by atoms with Crippen LogP contribution in [-0.2, 0) is 20.7 Å². The van der Waals surface area contributed by atoms with Crippen LogP contribution >= 0.6 is 0 Å². The van der Waals surface area contributed by atoms with Crippen LogP contribution in [0.2, 0.25) is 0 Å². The van der Waals surface area contributed by atoms with E-state index in [1.54, 1.807) is 42.4 Å². The lowest BCUT2D eigenvalue weighted by molar-refractivity contribution is -0.159. The van der Waals surface area contributed by atoms with Gasteiger partial charge in [0.2, 0.25) is 5.91 Å². The molecule has 1 heterocycles. The summed E-state index contributed by atoms with van der Waals surface area (Å²) in [5.41, 5.74) is 2.83. The highest BCUT2D eigenvalue weighted by Crippen LogP contribution is 2.37. The molecule has 168 valence electrons. The highest BCUT2D eigenvalue weighted by Gasteiger charge is 2.50. The van der Waals surface area contributed by atoms with Gasteiger partial charge in [0.1, 0.15) is 5.75 Å². The second-order valence-electron chi connectivity index (χ2n) is 7.96. The summed E-state index contributed by atoms with van der Waals surface area (Å²) in [6.45, 7) is 0. The van der Waals surface area contributed by atoms with E-state index < -0.39 is 12.2 Å². The topological polar surface area (TPSA) is 55.8 Å². The van der Waals surface area contributed by atoms with E-state index in [0.29, 0.717) is 17.9 Å². The van der Waals surface area contributed by atoms with Gasteiger partial charge in [-0.05, 0) is 60.7 Å². The molecule has 5 heteroatoms. The number of nitrogens with zero attached hydrogens (tertiary/aromatic N) is 1. The van der Waals surface area contributed by atoms with Gasteiger partial charge in [0.15, 0.2) is 6.23 Å².